The molecule has 7 heteroatoms. The Hall–Kier alpha value is -0.590. The summed E-state index contributed by atoms with van der Waals surface area (Å²) in [5.74, 6) is -0.241. The van der Waals surface area contributed by atoms with E-state index in [1.165, 1.54) is 6.07 Å². The van der Waals surface area contributed by atoms with Gasteiger partial charge in [0.1, 0.15) is 0 Å². The molecule has 0 aliphatic rings. The monoisotopic (exact) mass is 337 g/mol. The zero-order valence-electron chi connectivity index (χ0n) is 12.1. The molecule has 1 aromatic rings. The normalized spacial score (nSPS) is 12.4. The third kappa shape index (κ3) is 3.74. The zero-order valence-corrected chi connectivity index (χ0v) is 14.5. The number of aryl methyl sites for hydroxylation is 1. The van der Waals surface area contributed by atoms with Crippen LogP contribution in [0.3, 0.4) is 0 Å². The maximum atomic E-state index is 12.3. The van der Waals surface area contributed by atoms with Gasteiger partial charge >= 0.3 is 0 Å². The molecule has 1 rings (SSSR count). The van der Waals surface area contributed by atoms with E-state index in [2.05, 4.69) is 5.32 Å². The van der Waals surface area contributed by atoms with Crippen LogP contribution in [0.4, 0.5) is 0 Å². The number of nitrogens with one attached hydrogen (secondary N) is 1. The molecule has 0 atom stereocenters. The van der Waals surface area contributed by atoms with Crippen LogP contribution in [0.5, 0.6) is 0 Å². The van der Waals surface area contributed by atoms with Crippen molar-refractivity contribution in [3.63, 3.8) is 0 Å². The zero-order chi connectivity index (χ0) is 15.6. The third-order valence-electron chi connectivity index (χ3n) is 3.77. The molecular formula is C13H20ClNO3S2. The predicted octanol–water partition coefficient (Wildman–Crippen LogP) is 3.68. The van der Waals surface area contributed by atoms with Crippen LogP contribution >= 0.6 is 22.0 Å². The molecule has 0 spiro atoms. The molecule has 0 aliphatic carbocycles. The highest BCUT2D eigenvalue weighted by Gasteiger charge is 2.28. The average Bonchev–Trinajstić information content (AvgIpc) is 2.78. The molecule has 0 aliphatic heterocycles. The van der Waals surface area contributed by atoms with Crippen LogP contribution in [0.1, 0.15) is 54.6 Å². The van der Waals surface area contributed by atoms with Gasteiger partial charge in [0.05, 0.1) is 9.77 Å². The van der Waals surface area contributed by atoms with Crippen LogP contribution < -0.4 is 5.32 Å². The molecule has 0 saturated carbocycles. The van der Waals surface area contributed by atoms with E-state index in [1.807, 2.05) is 20.8 Å². The number of thiophene rings is 1. The van der Waals surface area contributed by atoms with E-state index in [1.54, 1.807) is 6.92 Å². The summed E-state index contributed by atoms with van der Waals surface area (Å²) in [6, 6.07) is 1.35. The number of hydrogen-bond acceptors (Lipinski definition) is 4. The van der Waals surface area contributed by atoms with Crippen LogP contribution in [0.15, 0.2) is 11.0 Å². The average molecular weight is 338 g/mol. The van der Waals surface area contributed by atoms with Crippen LogP contribution in [-0.2, 0) is 9.05 Å². The quantitative estimate of drug-likeness (QED) is 0.805. The summed E-state index contributed by atoms with van der Waals surface area (Å²) in [6.45, 7) is 7.73. The highest BCUT2D eigenvalue weighted by atomic mass is 35.7. The third-order valence-corrected chi connectivity index (χ3v) is 6.39. The van der Waals surface area contributed by atoms with Gasteiger partial charge in [0.25, 0.3) is 15.0 Å². The molecule has 1 aromatic heterocycles. The lowest BCUT2D eigenvalue weighted by atomic mass is 9.90. The van der Waals surface area contributed by atoms with Crippen molar-refractivity contribution in [2.45, 2.75) is 57.4 Å². The summed E-state index contributed by atoms with van der Waals surface area (Å²) >= 11 is 1.15. The van der Waals surface area contributed by atoms with Gasteiger partial charge in [0.15, 0.2) is 0 Å². The van der Waals surface area contributed by atoms with Crippen LogP contribution in [0.25, 0.3) is 0 Å². The first-order valence-electron chi connectivity index (χ1n) is 6.56. The topological polar surface area (TPSA) is 63.2 Å². The number of carbonyl (C=O) groups excluding carboxylic acids is 1. The Labute approximate surface area is 129 Å². The molecule has 0 fully saturated rings. The summed E-state index contributed by atoms with van der Waals surface area (Å²) in [7, 11) is 1.54. The van der Waals surface area contributed by atoms with Crippen molar-refractivity contribution in [1.29, 1.82) is 0 Å². The molecule has 0 saturated heterocycles. The smallest absolute Gasteiger partial charge is 0.262 e. The Balaban J connectivity index is 3.06. The van der Waals surface area contributed by atoms with E-state index in [0.29, 0.717) is 9.75 Å². The van der Waals surface area contributed by atoms with E-state index < -0.39 is 9.05 Å². The fourth-order valence-corrected chi connectivity index (χ4v) is 4.70. The Morgan fingerprint density at radius 3 is 2.15 bits per heavy atom. The minimum atomic E-state index is -3.80. The van der Waals surface area contributed by atoms with Gasteiger partial charge in [0.2, 0.25) is 0 Å². The summed E-state index contributed by atoms with van der Waals surface area (Å²) < 4.78 is 22.8. The van der Waals surface area contributed by atoms with Crippen molar-refractivity contribution in [3.8, 4) is 0 Å². The Bertz CT molecular complexity index is 580. The Morgan fingerprint density at radius 1 is 1.30 bits per heavy atom. The minimum Gasteiger partial charge on any atom is -0.346 e. The summed E-state index contributed by atoms with van der Waals surface area (Å²) in [6.07, 6.45) is 2.49. The minimum absolute atomic E-state index is 0.0180. The first-order valence-corrected chi connectivity index (χ1v) is 9.69. The maximum absolute atomic E-state index is 12.3. The van der Waals surface area contributed by atoms with Gasteiger partial charge in [-0.15, -0.1) is 11.3 Å². The second-order valence-electron chi connectivity index (χ2n) is 4.76. The molecule has 4 nitrogen and oxygen atoms in total. The van der Waals surface area contributed by atoms with Gasteiger partial charge in [-0.25, -0.2) is 8.42 Å². The van der Waals surface area contributed by atoms with E-state index in [4.69, 9.17) is 10.7 Å². The molecule has 0 aromatic carbocycles. The maximum Gasteiger partial charge on any atom is 0.262 e. The lowest BCUT2D eigenvalue weighted by Gasteiger charge is -2.31. The fourth-order valence-electron chi connectivity index (χ4n) is 2.14. The lowest BCUT2D eigenvalue weighted by molar-refractivity contribution is 0.0892. The van der Waals surface area contributed by atoms with E-state index in [0.717, 1.165) is 30.6 Å². The summed E-state index contributed by atoms with van der Waals surface area (Å²) in [5.41, 5.74) is -0.241. The van der Waals surface area contributed by atoms with Gasteiger partial charge in [-0.05, 0) is 32.3 Å². The fraction of sp³-hybridized carbons (Fsp3) is 0.615. The van der Waals surface area contributed by atoms with Crippen molar-refractivity contribution in [3.05, 3.63) is 15.8 Å². The predicted molar refractivity (Wildman–Crippen MR) is 83.2 cm³/mol. The highest BCUT2D eigenvalue weighted by Crippen LogP contribution is 2.29. The first-order chi connectivity index (χ1) is 9.19. The van der Waals surface area contributed by atoms with Gasteiger partial charge in [-0.2, -0.15) is 0 Å². The number of hydrogen-bond donors (Lipinski definition) is 1. The van der Waals surface area contributed by atoms with Gasteiger partial charge in [0, 0.05) is 21.1 Å². The number of rotatable bonds is 6. The summed E-state index contributed by atoms with van der Waals surface area (Å²) in [4.78, 5) is 13.2. The van der Waals surface area contributed by atoms with Crippen molar-refractivity contribution >= 4 is 37.0 Å². The van der Waals surface area contributed by atoms with Crippen molar-refractivity contribution < 1.29 is 13.2 Å². The van der Waals surface area contributed by atoms with Crippen LogP contribution in [0.2, 0.25) is 0 Å². The van der Waals surface area contributed by atoms with Crippen molar-refractivity contribution in [2.24, 2.45) is 0 Å². The second-order valence-corrected chi connectivity index (χ2v) is 8.55. The van der Waals surface area contributed by atoms with Crippen LogP contribution in [-0.4, -0.2) is 19.9 Å². The lowest BCUT2D eigenvalue weighted by Crippen LogP contribution is -2.46. The largest absolute Gasteiger partial charge is 0.346 e. The Morgan fingerprint density at radius 2 is 1.80 bits per heavy atom. The number of carbonyl (C=O) groups is 1. The van der Waals surface area contributed by atoms with E-state index in [-0.39, 0.29) is 16.3 Å². The molecule has 1 heterocycles. The molecule has 1 amide bonds. The van der Waals surface area contributed by atoms with Crippen molar-refractivity contribution in [1.82, 2.24) is 5.32 Å². The molecule has 0 bridgehead atoms. The van der Waals surface area contributed by atoms with Gasteiger partial charge in [-0.3, -0.25) is 4.79 Å². The molecule has 20 heavy (non-hydrogen) atoms. The van der Waals surface area contributed by atoms with E-state index in [9.17, 15) is 13.2 Å². The molecule has 114 valence electrons. The van der Waals surface area contributed by atoms with E-state index >= 15 is 0 Å². The Kier molecular flexibility index (Phi) is 5.63. The summed E-state index contributed by atoms with van der Waals surface area (Å²) in [5, 5.41) is 3.02. The molecular weight excluding hydrogens is 318 g/mol. The van der Waals surface area contributed by atoms with Gasteiger partial charge in [-0.1, -0.05) is 20.8 Å². The first kappa shape index (κ1) is 17.5. The van der Waals surface area contributed by atoms with Gasteiger partial charge < -0.3 is 5.32 Å². The molecule has 0 unspecified atom stereocenters. The highest BCUT2D eigenvalue weighted by molar-refractivity contribution is 8.13. The molecule has 0 radical (unpaired) electrons. The standard InChI is InChI=1S/C13H20ClNO3S2/c1-5-13(6-2,7-3)15-12(16)10-8-11(9(4)19-10)20(14,17)18/h8H,5-7H2,1-4H3,(H,15,16). The number of halogens is 1. The van der Waals surface area contributed by atoms with Crippen LogP contribution in [0, 0.1) is 6.92 Å². The SMILES string of the molecule is CCC(CC)(CC)NC(=O)c1cc(S(=O)(=O)Cl)c(C)s1. The second kappa shape index (κ2) is 6.45. The van der Waals surface area contributed by atoms with Crippen molar-refractivity contribution in [2.75, 3.05) is 0 Å². The number of amides is 1. The molecule has 1 N–H and O–H groups in total.